The highest BCUT2D eigenvalue weighted by Gasteiger charge is 2.07. The average Bonchev–Trinajstić information content (AvgIpc) is 2.30. The van der Waals surface area contributed by atoms with Crippen LogP contribution in [0, 0.1) is 0 Å². The number of aldehydes is 1. The molecule has 15 heavy (non-hydrogen) atoms. The average molecular weight is 205 g/mol. The number of aliphatic hydroxyl groups is 1. The molecule has 0 saturated heterocycles. The van der Waals surface area contributed by atoms with E-state index < -0.39 is 0 Å². The van der Waals surface area contributed by atoms with E-state index in [1.165, 1.54) is 11.0 Å². The van der Waals surface area contributed by atoms with Crippen LogP contribution in [-0.4, -0.2) is 24.3 Å². The number of rotatable bonds is 5. The first-order valence-electron chi connectivity index (χ1n) is 4.39. The van der Waals surface area contributed by atoms with Gasteiger partial charge in [-0.2, -0.15) is 0 Å². The lowest BCUT2D eigenvalue weighted by molar-refractivity contribution is -0.107. The zero-order valence-electron chi connectivity index (χ0n) is 8.04. The van der Waals surface area contributed by atoms with Gasteiger partial charge in [-0.05, 0) is 18.2 Å². The van der Waals surface area contributed by atoms with Gasteiger partial charge in [0.15, 0.2) is 6.29 Å². The number of carbonyl (C=O) groups excluding carboxylic acids is 2. The van der Waals surface area contributed by atoms with Gasteiger partial charge in [0.25, 0.3) is 0 Å². The van der Waals surface area contributed by atoms with E-state index in [1.807, 2.05) is 0 Å². The van der Waals surface area contributed by atoms with Gasteiger partial charge < -0.3 is 10.0 Å². The van der Waals surface area contributed by atoms with E-state index in [9.17, 15) is 9.59 Å². The first kappa shape index (κ1) is 11.0. The highest BCUT2D eigenvalue weighted by atomic mass is 16.2. The maximum absolute atomic E-state index is 10.8. The quantitative estimate of drug-likeness (QED) is 0.585. The zero-order chi connectivity index (χ0) is 11.1. The Morgan fingerprint density at radius 3 is 2.60 bits per heavy atom. The first-order valence-corrected chi connectivity index (χ1v) is 4.39. The molecule has 0 bridgehead atoms. The number of carbonyl (C=O) groups is 2. The van der Waals surface area contributed by atoms with Gasteiger partial charge in [-0.15, -0.1) is 0 Å². The van der Waals surface area contributed by atoms with Crippen LogP contribution in [0.25, 0.3) is 0 Å². The van der Waals surface area contributed by atoms with Gasteiger partial charge in [0, 0.05) is 12.1 Å². The molecule has 0 atom stereocenters. The van der Waals surface area contributed by atoms with E-state index >= 15 is 0 Å². The summed E-state index contributed by atoms with van der Waals surface area (Å²) in [5, 5.41) is 8.49. The Morgan fingerprint density at radius 2 is 2.00 bits per heavy atom. The molecule has 0 radical (unpaired) electrons. The molecule has 0 aliphatic heterocycles. The third-order valence-corrected chi connectivity index (χ3v) is 1.91. The third-order valence-electron chi connectivity index (χ3n) is 1.91. The fourth-order valence-corrected chi connectivity index (χ4v) is 1.21. The molecule has 0 aliphatic carbocycles. The summed E-state index contributed by atoms with van der Waals surface area (Å²) in [6, 6.07) is 6.75. The minimum Gasteiger partial charge on any atom is -0.516 e. The van der Waals surface area contributed by atoms with Crippen molar-refractivity contribution in [1.29, 1.82) is 0 Å². The molecule has 0 saturated carbocycles. The molecule has 4 nitrogen and oxygen atoms in total. The van der Waals surface area contributed by atoms with Crippen LogP contribution in [-0.2, 0) is 4.79 Å². The fourth-order valence-electron chi connectivity index (χ4n) is 1.21. The first-order chi connectivity index (χ1) is 7.33. The van der Waals surface area contributed by atoms with Gasteiger partial charge in [0.1, 0.15) is 0 Å². The summed E-state index contributed by atoms with van der Waals surface area (Å²) in [7, 11) is 0. The van der Waals surface area contributed by atoms with Gasteiger partial charge in [0.2, 0.25) is 6.41 Å². The number of hydrogen-bond donors (Lipinski definition) is 1. The van der Waals surface area contributed by atoms with E-state index in [0.29, 0.717) is 23.9 Å². The van der Waals surface area contributed by atoms with Crippen LogP contribution < -0.4 is 4.90 Å². The molecular weight excluding hydrogens is 194 g/mol. The van der Waals surface area contributed by atoms with Crippen molar-refractivity contribution in [3.05, 3.63) is 42.2 Å². The summed E-state index contributed by atoms with van der Waals surface area (Å²) in [5.74, 6) is 0. The molecule has 78 valence electrons. The van der Waals surface area contributed by atoms with E-state index in [0.717, 1.165) is 6.26 Å². The van der Waals surface area contributed by atoms with Crippen molar-refractivity contribution in [2.45, 2.75) is 0 Å². The molecule has 0 spiro atoms. The zero-order valence-corrected chi connectivity index (χ0v) is 8.04. The Kier molecular flexibility index (Phi) is 4.09. The fraction of sp³-hybridized carbons (Fsp3) is 0.0909. The molecule has 1 aromatic carbocycles. The van der Waals surface area contributed by atoms with Crippen LogP contribution in [0.5, 0.6) is 0 Å². The topological polar surface area (TPSA) is 57.6 Å². The second kappa shape index (κ2) is 5.59. The second-order valence-corrected chi connectivity index (χ2v) is 2.82. The Labute approximate surface area is 87.4 Å². The van der Waals surface area contributed by atoms with Gasteiger partial charge in [0.05, 0.1) is 11.9 Å². The summed E-state index contributed by atoms with van der Waals surface area (Å²) in [6.45, 7) is 0.227. The lowest BCUT2D eigenvalue weighted by atomic mass is 10.2. The Hall–Kier alpha value is -2.10. The monoisotopic (exact) mass is 205 g/mol. The predicted molar refractivity (Wildman–Crippen MR) is 57.0 cm³/mol. The maximum atomic E-state index is 10.8. The van der Waals surface area contributed by atoms with E-state index in [-0.39, 0.29) is 6.54 Å². The Balaban J connectivity index is 2.99. The number of aliphatic hydroxyl groups excluding tert-OH is 1. The summed E-state index contributed by atoms with van der Waals surface area (Å²) in [5.41, 5.74) is 0.969. The summed E-state index contributed by atoms with van der Waals surface area (Å²) in [4.78, 5) is 22.8. The minimum absolute atomic E-state index is 0.227. The van der Waals surface area contributed by atoms with Crippen LogP contribution in [0.2, 0.25) is 0 Å². The van der Waals surface area contributed by atoms with Crippen LogP contribution >= 0.6 is 0 Å². The van der Waals surface area contributed by atoms with Crippen molar-refractivity contribution in [2.75, 3.05) is 11.4 Å². The number of hydrogen-bond acceptors (Lipinski definition) is 3. The number of nitrogens with zero attached hydrogens (tertiary/aromatic N) is 1. The van der Waals surface area contributed by atoms with Crippen molar-refractivity contribution in [1.82, 2.24) is 0 Å². The summed E-state index contributed by atoms with van der Waals surface area (Å²) < 4.78 is 0. The van der Waals surface area contributed by atoms with Crippen molar-refractivity contribution >= 4 is 18.4 Å². The van der Waals surface area contributed by atoms with Crippen molar-refractivity contribution in [3.8, 4) is 0 Å². The van der Waals surface area contributed by atoms with Crippen molar-refractivity contribution in [2.24, 2.45) is 0 Å². The minimum atomic E-state index is 0.227. The summed E-state index contributed by atoms with van der Waals surface area (Å²) >= 11 is 0. The van der Waals surface area contributed by atoms with Crippen LogP contribution in [0.1, 0.15) is 10.4 Å². The molecule has 1 aromatic rings. The normalized spacial score (nSPS) is 10.1. The number of amides is 1. The Bertz CT molecular complexity index is 374. The molecule has 1 N–H and O–H groups in total. The molecule has 0 aromatic heterocycles. The molecule has 1 rings (SSSR count). The van der Waals surface area contributed by atoms with E-state index in [1.54, 1.807) is 24.3 Å². The molecule has 0 aliphatic rings. The number of anilines is 1. The third kappa shape index (κ3) is 2.67. The highest BCUT2D eigenvalue weighted by Crippen LogP contribution is 2.16. The van der Waals surface area contributed by atoms with Crippen molar-refractivity contribution < 1.29 is 14.7 Å². The molecule has 0 fully saturated rings. The van der Waals surface area contributed by atoms with Crippen LogP contribution in [0.3, 0.4) is 0 Å². The molecular formula is C11H11NO3. The van der Waals surface area contributed by atoms with Gasteiger partial charge >= 0.3 is 0 Å². The maximum Gasteiger partial charge on any atom is 0.214 e. The van der Waals surface area contributed by atoms with E-state index in [4.69, 9.17) is 5.11 Å². The number of benzene rings is 1. The molecule has 1 amide bonds. The number of para-hydroxylation sites is 1. The van der Waals surface area contributed by atoms with Gasteiger partial charge in [-0.1, -0.05) is 12.1 Å². The van der Waals surface area contributed by atoms with Gasteiger partial charge in [-0.3, -0.25) is 9.59 Å². The predicted octanol–water partition coefficient (Wildman–Crippen LogP) is 1.53. The van der Waals surface area contributed by atoms with Crippen LogP contribution in [0.4, 0.5) is 5.69 Å². The van der Waals surface area contributed by atoms with Gasteiger partial charge in [-0.25, -0.2) is 0 Å². The largest absolute Gasteiger partial charge is 0.516 e. The molecule has 4 heteroatoms. The smallest absolute Gasteiger partial charge is 0.214 e. The molecule has 0 heterocycles. The van der Waals surface area contributed by atoms with Crippen LogP contribution in [0.15, 0.2) is 36.6 Å². The standard InChI is InChI=1S/C11H11NO3/c13-7-3-6-12(9-15)11-5-2-1-4-10(11)8-14/h1-5,7-9,13H,6H2. The SMILES string of the molecule is O=Cc1ccccc1N(C=O)CC=CO. The Morgan fingerprint density at radius 1 is 1.27 bits per heavy atom. The van der Waals surface area contributed by atoms with E-state index in [2.05, 4.69) is 0 Å². The lowest BCUT2D eigenvalue weighted by Crippen LogP contribution is -2.22. The molecule has 0 unspecified atom stereocenters. The highest BCUT2D eigenvalue weighted by molar-refractivity contribution is 5.90. The summed E-state index contributed by atoms with van der Waals surface area (Å²) in [6.07, 6.45) is 3.58. The second-order valence-electron chi connectivity index (χ2n) is 2.82. The van der Waals surface area contributed by atoms with Crippen molar-refractivity contribution in [3.63, 3.8) is 0 Å². The lowest BCUT2D eigenvalue weighted by Gasteiger charge is -2.16.